The number of amides is 1. The molecule has 0 atom stereocenters. The highest BCUT2D eigenvalue weighted by Crippen LogP contribution is 2.21. The molecule has 0 aliphatic carbocycles. The third-order valence-electron chi connectivity index (χ3n) is 2.40. The van der Waals surface area contributed by atoms with Crippen molar-refractivity contribution in [1.29, 1.82) is 0 Å². The molecule has 4 heteroatoms. The Morgan fingerprint density at radius 1 is 1.59 bits per heavy atom. The van der Waals surface area contributed by atoms with Gasteiger partial charge in [-0.3, -0.25) is 4.79 Å². The van der Waals surface area contributed by atoms with Crippen LogP contribution >= 0.6 is 27.3 Å². The first-order valence-corrected chi connectivity index (χ1v) is 7.21. The molecule has 0 N–H and O–H groups in total. The van der Waals surface area contributed by atoms with Crippen molar-refractivity contribution in [3.63, 3.8) is 0 Å². The second-order valence-corrected chi connectivity index (χ2v) is 5.80. The normalized spacial score (nSPS) is 9.94. The Morgan fingerprint density at radius 2 is 2.35 bits per heavy atom. The Morgan fingerprint density at radius 3 is 2.94 bits per heavy atom. The Kier molecular flexibility index (Phi) is 6.31. The summed E-state index contributed by atoms with van der Waals surface area (Å²) in [6.07, 6.45) is 8.32. The first-order chi connectivity index (χ1) is 8.13. The molecule has 92 valence electrons. The molecule has 2 nitrogen and oxygen atoms in total. The number of hydrogen-bond acceptors (Lipinski definition) is 2. The fourth-order valence-electron chi connectivity index (χ4n) is 1.45. The summed E-state index contributed by atoms with van der Waals surface area (Å²) in [5.41, 5.74) is 0. The predicted octanol–water partition coefficient (Wildman–Crippen LogP) is 3.66. The summed E-state index contributed by atoms with van der Waals surface area (Å²) < 4.78 is 1.08. The molecule has 1 aromatic heterocycles. The molecule has 0 aliphatic heterocycles. The van der Waals surface area contributed by atoms with Crippen LogP contribution in [-0.4, -0.2) is 17.9 Å². The SMILES string of the molecule is C#CCCCCC(=O)N(C)Cc1cc(Br)cs1. The van der Waals surface area contributed by atoms with Gasteiger partial charge in [-0.1, -0.05) is 0 Å². The maximum Gasteiger partial charge on any atom is 0.222 e. The molecule has 0 unspecified atom stereocenters. The number of halogens is 1. The summed E-state index contributed by atoms with van der Waals surface area (Å²) in [7, 11) is 1.84. The van der Waals surface area contributed by atoms with Crippen molar-refractivity contribution in [3.05, 3.63) is 20.8 Å². The maximum atomic E-state index is 11.8. The third-order valence-corrected chi connectivity index (χ3v) is 4.08. The molecule has 0 fully saturated rings. The van der Waals surface area contributed by atoms with Gasteiger partial charge in [-0.2, -0.15) is 0 Å². The highest BCUT2D eigenvalue weighted by atomic mass is 79.9. The summed E-state index contributed by atoms with van der Waals surface area (Å²) >= 11 is 5.07. The minimum Gasteiger partial charge on any atom is -0.341 e. The predicted molar refractivity (Wildman–Crippen MR) is 75.8 cm³/mol. The van der Waals surface area contributed by atoms with Crippen LogP contribution in [0.1, 0.15) is 30.6 Å². The zero-order chi connectivity index (χ0) is 12.7. The number of carbonyl (C=O) groups excluding carboxylic acids is 1. The number of hydrogen-bond donors (Lipinski definition) is 0. The molecule has 0 spiro atoms. The minimum atomic E-state index is 0.187. The van der Waals surface area contributed by atoms with Crippen LogP contribution in [-0.2, 0) is 11.3 Å². The average Bonchev–Trinajstić information content (AvgIpc) is 2.70. The van der Waals surface area contributed by atoms with Gasteiger partial charge in [-0.15, -0.1) is 23.7 Å². The van der Waals surface area contributed by atoms with Gasteiger partial charge in [0.2, 0.25) is 5.91 Å². The number of thiophene rings is 1. The van der Waals surface area contributed by atoms with Gasteiger partial charge in [0.1, 0.15) is 0 Å². The molecule has 1 aromatic rings. The van der Waals surface area contributed by atoms with Crippen molar-refractivity contribution in [2.45, 2.75) is 32.2 Å². The van der Waals surface area contributed by atoms with E-state index >= 15 is 0 Å². The van der Waals surface area contributed by atoms with Crippen molar-refractivity contribution >= 4 is 33.2 Å². The molecule has 17 heavy (non-hydrogen) atoms. The van der Waals surface area contributed by atoms with Gasteiger partial charge < -0.3 is 4.90 Å². The highest BCUT2D eigenvalue weighted by Gasteiger charge is 2.09. The zero-order valence-electron chi connectivity index (χ0n) is 9.91. The molecule has 0 aliphatic rings. The number of unbranched alkanes of at least 4 members (excludes halogenated alkanes) is 2. The molecule has 1 rings (SSSR count). The standard InChI is InChI=1S/C13H16BrNOS/c1-3-4-5-6-7-13(16)15(2)9-12-8-11(14)10-17-12/h1,8,10H,4-7,9H2,2H3. The van der Waals surface area contributed by atoms with E-state index in [-0.39, 0.29) is 5.91 Å². The topological polar surface area (TPSA) is 20.3 Å². The highest BCUT2D eigenvalue weighted by molar-refractivity contribution is 9.10. The number of nitrogens with zero attached hydrogens (tertiary/aromatic N) is 1. The summed E-state index contributed by atoms with van der Waals surface area (Å²) in [4.78, 5) is 14.7. The maximum absolute atomic E-state index is 11.8. The van der Waals surface area contributed by atoms with Crippen LogP contribution in [0.4, 0.5) is 0 Å². The van der Waals surface area contributed by atoms with Gasteiger partial charge in [0.15, 0.2) is 0 Å². The monoisotopic (exact) mass is 313 g/mol. The fourth-order valence-corrected chi connectivity index (χ4v) is 2.96. The molecule has 0 bridgehead atoms. The van der Waals surface area contributed by atoms with Gasteiger partial charge in [-0.25, -0.2) is 0 Å². The lowest BCUT2D eigenvalue weighted by molar-refractivity contribution is -0.130. The van der Waals surface area contributed by atoms with Crippen LogP contribution in [0.25, 0.3) is 0 Å². The lowest BCUT2D eigenvalue weighted by Gasteiger charge is -2.15. The lowest BCUT2D eigenvalue weighted by Crippen LogP contribution is -2.25. The minimum absolute atomic E-state index is 0.187. The summed E-state index contributed by atoms with van der Waals surface area (Å²) in [5, 5.41) is 2.03. The molecular weight excluding hydrogens is 298 g/mol. The largest absolute Gasteiger partial charge is 0.341 e. The third kappa shape index (κ3) is 5.38. The van der Waals surface area contributed by atoms with Crippen molar-refractivity contribution < 1.29 is 4.79 Å². The van der Waals surface area contributed by atoms with E-state index in [1.54, 1.807) is 16.2 Å². The van der Waals surface area contributed by atoms with Crippen molar-refractivity contribution in [1.82, 2.24) is 4.90 Å². The van der Waals surface area contributed by atoms with Crippen LogP contribution < -0.4 is 0 Å². The van der Waals surface area contributed by atoms with E-state index in [4.69, 9.17) is 6.42 Å². The van der Waals surface area contributed by atoms with E-state index in [1.165, 1.54) is 4.88 Å². The van der Waals surface area contributed by atoms with E-state index < -0.39 is 0 Å². The van der Waals surface area contributed by atoms with E-state index in [0.717, 1.165) is 23.7 Å². The molecule has 1 heterocycles. The molecule has 0 aromatic carbocycles. The van der Waals surface area contributed by atoms with E-state index in [0.29, 0.717) is 13.0 Å². The first-order valence-electron chi connectivity index (χ1n) is 5.54. The average molecular weight is 314 g/mol. The second-order valence-electron chi connectivity index (χ2n) is 3.89. The first kappa shape index (κ1) is 14.3. The molecule has 1 amide bonds. The number of terminal acetylenes is 1. The van der Waals surface area contributed by atoms with Gasteiger partial charge in [0, 0.05) is 34.6 Å². The van der Waals surface area contributed by atoms with Crippen LogP contribution in [0.3, 0.4) is 0 Å². The number of rotatable bonds is 6. The summed E-state index contributed by atoms with van der Waals surface area (Å²) in [6.45, 7) is 0.685. The molecule has 0 saturated carbocycles. The van der Waals surface area contributed by atoms with Crippen LogP contribution in [0.15, 0.2) is 15.9 Å². The van der Waals surface area contributed by atoms with Crippen LogP contribution in [0, 0.1) is 12.3 Å². The lowest BCUT2D eigenvalue weighted by atomic mass is 10.2. The van der Waals surface area contributed by atoms with Gasteiger partial charge in [-0.05, 0) is 34.8 Å². The smallest absolute Gasteiger partial charge is 0.222 e. The Hall–Kier alpha value is -0.790. The Bertz CT molecular complexity index is 408. The van der Waals surface area contributed by atoms with Gasteiger partial charge in [0.25, 0.3) is 0 Å². The molecular formula is C13H16BrNOS. The quantitative estimate of drug-likeness (QED) is 0.579. The van der Waals surface area contributed by atoms with Crippen LogP contribution in [0.5, 0.6) is 0 Å². The zero-order valence-corrected chi connectivity index (χ0v) is 12.3. The second kappa shape index (κ2) is 7.52. The Labute approximate surface area is 115 Å². The van der Waals surface area contributed by atoms with Crippen molar-refractivity contribution in [2.24, 2.45) is 0 Å². The van der Waals surface area contributed by atoms with Gasteiger partial charge in [0.05, 0.1) is 6.54 Å². The van der Waals surface area contributed by atoms with Crippen molar-refractivity contribution in [3.8, 4) is 12.3 Å². The van der Waals surface area contributed by atoms with Crippen LogP contribution in [0.2, 0.25) is 0 Å². The summed E-state index contributed by atoms with van der Waals surface area (Å²) in [6, 6.07) is 2.05. The Balaban J connectivity index is 2.30. The summed E-state index contributed by atoms with van der Waals surface area (Å²) in [5.74, 6) is 2.77. The van der Waals surface area contributed by atoms with E-state index in [1.807, 2.05) is 18.5 Å². The van der Waals surface area contributed by atoms with Crippen molar-refractivity contribution in [2.75, 3.05) is 7.05 Å². The van der Waals surface area contributed by atoms with Gasteiger partial charge >= 0.3 is 0 Å². The molecule has 0 radical (unpaired) electrons. The number of carbonyl (C=O) groups is 1. The van der Waals surface area contributed by atoms with E-state index in [9.17, 15) is 4.79 Å². The molecule has 0 saturated heterocycles. The fraction of sp³-hybridized carbons (Fsp3) is 0.462. The van der Waals surface area contributed by atoms with E-state index in [2.05, 4.69) is 21.9 Å².